The van der Waals surface area contributed by atoms with Gasteiger partial charge in [-0.25, -0.2) is 28.4 Å². The SMILES string of the molecule is CC.CC.CONC(=O)NC1C=CC=C(c2sc3c(c2CN(C)[C@H](C)c2ccccc2)c(=O)n(-c2ccccc2)c(=O)n3CC2=C(F)CC=CC=C2F)C=C1. The Morgan fingerprint density at radius 3 is 2.33 bits per heavy atom. The summed E-state index contributed by atoms with van der Waals surface area (Å²) in [6, 6.07) is 17.4. The number of benzene rings is 2. The van der Waals surface area contributed by atoms with Gasteiger partial charge < -0.3 is 5.32 Å². The lowest BCUT2D eigenvalue weighted by Crippen LogP contribution is -2.39. The van der Waals surface area contributed by atoms with Gasteiger partial charge in [0.2, 0.25) is 0 Å². The van der Waals surface area contributed by atoms with Crippen LogP contribution in [0, 0.1) is 0 Å². The van der Waals surface area contributed by atoms with Gasteiger partial charge in [0.1, 0.15) is 16.5 Å². The highest BCUT2D eigenvalue weighted by atomic mass is 32.1. The van der Waals surface area contributed by atoms with Crippen LogP contribution in [0.2, 0.25) is 0 Å². The first-order valence-corrected chi connectivity index (χ1v) is 19.2. The van der Waals surface area contributed by atoms with Gasteiger partial charge >= 0.3 is 11.7 Å². The number of fused-ring (bicyclic) bond motifs is 1. The van der Waals surface area contributed by atoms with E-state index in [1.165, 1.54) is 41.2 Å². The summed E-state index contributed by atoms with van der Waals surface area (Å²) in [5.74, 6) is -1.48. The number of carbonyl (C=O) groups is 1. The molecule has 0 spiro atoms. The average molecular weight is 770 g/mol. The maximum Gasteiger partial charge on any atom is 0.339 e. The molecule has 0 aliphatic heterocycles. The van der Waals surface area contributed by atoms with Crippen molar-refractivity contribution in [3.8, 4) is 5.69 Å². The lowest BCUT2D eigenvalue weighted by atomic mass is 10.0. The van der Waals surface area contributed by atoms with Crippen molar-refractivity contribution in [3.63, 3.8) is 0 Å². The number of para-hydroxylation sites is 1. The van der Waals surface area contributed by atoms with Gasteiger partial charge in [-0.05, 0) is 48.9 Å². The van der Waals surface area contributed by atoms with E-state index in [1.807, 2.05) is 77.2 Å². The Labute approximate surface area is 324 Å². The van der Waals surface area contributed by atoms with E-state index in [0.29, 0.717) is 27.5 Å². The zero-order valence-corrected chi connectivity index (χ0v) is 33.1. The summed E-state index contributed by atoms with van der Waals surface area (Å²) in [6.45, 7) is 9.94. The number of nitrogens with zero attached hydrogens (tertiary/aromatic N) is 3. The molecule has 2 heterocycles. The summed E-state index contributed by atoms with van der Waals surface area (Å²) in [5.41, 5.74) is 3.52. The Balaban J connectivity index is 0.00000163. The molecule has 4 aromatic rings. The van der Waals surface area contributed by atoms with Gasteiger partial charge in [-0.15, -0.1) is 11.3 Å². The number of carbonyl (C=O) groups excluding carboxylic acids is 1. The number of hydroxylamine groups is 1. The first-order valence-electron chi connectivity index (χ1n) is 18.4. The highest BCUT2D eigenvalue weighted by Crippen LogP contribution is 2.38. The number of hydrogen-bond donors (Lipinski definition) is 2. The summed E-state index contributed by atoms with van der Waals surface area (Å²) < 4.78 is 33.1. The molecule has 290 valence electrons. The monoisotopic (exact) mass is 769 g/mol. The van der Waals surface area contributed by atoms with Crippen molar-refractivity contribution in [1.29, 1.82) is 0 Å². The smallest absolute Gasteiger partial charge is 0.327 e. The van der Waals surface area contributed by atoms with Crippen molar-refractivity contribution < 1.29 is 18.4 Å². The average Bonchev–Trinajstić information content (AvgIpc) is 3.30. The fraction of sp³-hybridized carbons (Fsp3) is 0.279. The van der Waals surface area contributed by atoms with E-state index in [-0.39, 0.29) is 23.4 Å². The zero-order valence-electron chi connectivity index (χ0n) is 32.3. The highest BCUT2D eigenvalue weighted by Gasteiger charge is 2.27. The lowest BCUT2D eigenvalue weighted by molar-refractivity contribution is 0.107. The van der Waals surface area contributed by atoms with Gasteiger partial charge in [-0.3, -0.25) is 19.1 Å². The van der Waals surface area contributed by atoms with E-state index >= 15 is 8.78 Å². The van der Waals surface area contributed by atoms with E-state index in [1.54, 1.807) is 48.6 Å². The quantitative estimate of drug-likeness (QED) is 0.157. The molecule has 2 aromatic heterocycles. The van der Waals surface area contributed by atoms with Crippen LogP contribution in [0.4, 0.5) is 13.6 Å². The molecule has 2 atom stereocenters. The minimum atomic E-state index is -0.789. The van der Waals surface area contributed by atoms with Crippen molar-refractivity contribution in [2.75, 3.05) is 14.2 Å². The molecule has 2 aromatic carbocycles. The first-order chi connectivity index (χ1) is 26.7. The van der Waals surface area contributed by atoms with Crippen LogP contribution >= 0.6 is 11.3 Å². The molecule has 0 radical (unpaired) electrons. The summed E-state index contributed by atoms with van der Waals surface area (Å²) in [7, 11) is 3.30. The van der Waals surface area contributed by atoms with Gasteiger partial charge in [0, 0.05) is 29.5 Å². The van der Waals surface area contributed by atoms with Crippen LogP contribution in [0.25, 0.3) is 21.5 Å². The number of allylic oxidation sites excluding steroid dienone is 10. The molecule has 0 bridgehead atoms. The van der Waals surface area contributed by atoms with Crippen molar-refractivity contribution in [3.05, 3.63) is 163 Å². The standard InChI is InChI=1S/C39H37F2N5O4S.2C2H6/c1-25(26-13-6-4-7-14-26)44(2)23-31-34-36(47)46(29-17-8-5-9-18-29)39(49)45(24-30-32(40)19-10-11-20-33(30)41)37(34)51-35(31)27-15-12-16-28(22-21-27)42-38(48)43-50-3;2*1-2/h4-19,21-22,25,28H,20,23-24H2,1-3H3,(H2,42,43,48);2*1-2H3/t25-,28?;;/m1../s1. The molecule has 12 heteroatoms. The van der Waals surface area contributed by atoms with E-state index in [2.05, 4.69) is 22.6 Å². The van der Waals surface area contributed by atoms with E-state index < -0.39 is 41.5 Å². The van der Waals surface area contributed by atoms with Crippen LogP contribution < -0.4 is 22.0 Å². The molecular weight excluding hydrogens is 721 g/mol. The molecule has 2 aliphatic rings. The van der Waals surface area contributed by atoms with Crippen molar-refractivity contribution >= 4 is 33.2 Å². The van der Waals surface area contributed by atoms with Crippen molar-refractivity contribution in [2.45, 2.75) is 66.2 Å². The predicted molar refractivity (Wildman–Crippen MR) is 221 cm³/mol. The number of rotatable bonds is 10. The molecule has 2 N–H and O–H groups in total. The van der Waals surface area contributed by atoms with Gasteiger partial charge in [0.25, 0.3) is 5.56 Å². The van der Waals surface area contributed by atoms with E-state index in [4.69, 9.17) is 4.84 Å². The number of hydrogen-bond acceptors (Lipinski definition) is 6. The number of urea groups is 1. The van der Waals surface area contributed by atoms with Crippen LogP contribution in [0.1, 0.15) is 63.1 Å². The molecule has 55 heavy (non-hydrogen) atoms. The number of halogens is 2. The van der Waals surface area contributed by atoms with Crippen molar-refractivity contribution in [1.82, 2.24) is 24.8 Å². The number of aromatic nitrogens is 2. The van der Waals surface area contributed by atoms with E-state index in [9.17, 15) is 14.4 Å². The summed E-state index contributed by atoms with van der Waals surface area (Å²) in [6.07, 6.45) is 13.1. The van der Waals surface area contributed by atoms with Gasteiger partial charge in [-0.2, -0.15) is 0 Å². The predicted octanol–water partition coefficient (Wildman–Crippen LogP) is 9.23. The molecule has 2 amide bonds. The lowest BCUT2D eigenvalue weighted by Gasteiger charge is -2.25. The maximum absolute atomic E-state index is 15.4. The van der Waals surface area contributed by atoms with Crippen LogP contribution in [-0.2, 0) is 17.9 Å². The Kier molecular flexibility index (Phi) is 15.6. The Morgan fingerprint density at radius 2 is 1.65 bits per heavy atom. The molecular formula is C43H49F2N5O4S. The molecule has 0 fully saturated rings. The second kappa shape index (κ2) is 20.3. The van der Waals surface area contributed by atoms with Gasteiger partial charge in [-0.1, -0.05) is 119 Å². The van der Waals surface area contributed by atoms with Crippen LogP contribution in [0.3, 0.4) is 0 Å². The van der Waals surface area contributed by atoms with Gasteiger partial charge in [0.15, 0.2) is 0 Å². The fourth-order valence-corrected chi connectivity index (χ4v) is 7.40. The number of amides is 2. The number of thiophene rings is 1. The minimum Gasteiger partial charge on any atom is -0.327 e. The molecule has 2 aliphatic carbocycles. The Morgan fingerprint density at radius 1 is 0.982 bits per heavy atom. The molecule has 1 unspecified atom stereocenters. The Bertz CT molecular complexity index is 2250. The molecule has 9 nitrogen and oxygen atoms in total. The van der Waals surface area contributed by atoms with E-state index in [0.717, 1.165) is 15.7 Å². The summed E-state index contributed by atoms with van der Waals surface area (Å²) in [4.78, 5) is 49.0. The summed E-state index contributed by atoms with van der Waals surface area (Å²) >= 11 is 1.21. The third kappa shape index (κ3) is 9.82. The molecule has 0 saturated heterocycles. The maximum atomic E-state index is 15.4. The normalized spacial score (nSPS) is 15.6. The number of nitrogens with one attached hydrogen (secondary N) is 2. The van der Waals surface area contributed by atoms with Crippen LogP contribution in [-0.4, -0.2) is 40.3 Å². The zero-order chi connectivity index (χ0) is 40.1. The topological polar surface area (TPSA) is 97.6 Å². The van der Waals surface area contributed by atoms with Crippen molar-refractivity contribution in [2.24, 2.45) is 0 Å². The van der Waals surface area contributed by atoms with Gasteiger partial charge in [0.05, 0.1) is 30.8 Å². The third-order valence-electron chi connectivity index (χ3n) is 8.88. The minimum absolute atomic E-state index is 0.0559. The second-order valence-electron chi connectivity index (χ2n) is 12.1. The first kappa shape index (κ1) is 42.3. The fourth-order valence-electron chi connectivity index (χ4n) is 6.09. The highest BCUT2D eigenvalue weighted by molar-refractivity contribution is 7.20. The largest absolute Gasteiger partial charge is 0.339 e. The molecule has 0 saturated carbocycles. The third-order valence-corrected chi connectivity index (χ3v) is 10.2. The molecule has 6 rings (SSSR count). The summed E-state index contributed by atoms with van der Waals surface area (Å²) in [5, 5.41) is 3.05. The second-order valence-corrected chi connectivity index (χ2v) is 13.1. The Hall–Kier alpha value is -5.43. The van der Waals surface area contributed by atoms with Crippen LogP contribution in [0.5, 0.6) is 0 Å². The van der Waals surface area contributed by atoms with Crippen LogP contribution in [0.15, 0.2) is 136 Å².